The maximum atomic E-state index is 10.8. The van der Waals surface area contributed by atoms with Crippen molar-refractivity contribution in [3.05, 3.63) is 0 Å². The molecule has 0 aromatic heterocycles. The van der Waals surface area contributed by atoms with E-state index in [1.165, 1.54) is 4.90 Å². The Morgan fingerprint density at radius 2 is 2.47 bits per heavy atom. The Balaban J connectivity index is 2.41. The van der Waals surface area contributed by atoms with E-state index in [0.717, 1.165) is 32.5 Å². The summed E-state index contributed by atoms with van der Waals surface area (Å²) in [5.74, 6) is 0.453. The highest BCUT2D eigenvalue weighted by atomic mass is 16.5. The van der Waals surface area contributed by atoms with Gasteiger partial charge in [-0.1, -0.05) is 0 Å². The fourth-order valence-electron chi connectivity index (χ4n) is 1.95. The third-order valence-corrected chi connectivity index (χ3v) is 2.98. The number of hydrogen-bond acceptors (Lipinski definition) is 3. The number of amides is 1. The summed E-state index contributed by atoms with van der Waals surface area (Å²) in [5, 5.41) is 8.85. The average molecular weight is 216 g/mol. The van der Waals surface area contributed by atoms with Crippen molar-refractivity contribution in [3.8, 4) is 0 Å². The van der Waals surface area contributed by atoms with Crippen molar-refractivity contribution in [2.45, 2.75) is 25.3 Å². The molecule has 3 N–H and O–H groups in total. The minimum Gasteiger partial charge on any atom is -0.465 e. The van der Waals surface area contributed by atoms with E-state index in [1.54, 1.807) is 7.05 Å². The average Bonchev–Trinajstić information content (AvgIpc) is 2.26. The molecule has 88 valence electrons. The number of likely N-dealkylation sites (N-methyl/N-ethyl adjacent to an activating group) is 1. The summed E-state index contributed by atoms with van der Waals surface area (Å²) >= 11 is 0. The molecule has 1 heterocycles. The van der Waals surface area contributed by atoms with E-state index in [1.807, 2.05) is 0 Å². The fraction of sp³-hybridized carbons (Fsp3) is 0.900. The van der Waals surface area contributed by atoms with E-state index in [9.17, 15) is 4.79 Å². The second-order valence-corrected chi connectivity index (χ2v) is 4.10. The number of ether oxygens (including phenoxy) is 1. The summed E-state index contributed by atoms with van der Waals surface area (Å²) in [4.78, 5) is 12.1. The predicted molar refractivity (Wildman–Crippen MR) is 56.8 cm³/mol. The Labute approximate surface area is 90.2 Å². The molecule has 1 saturated heterocycles. The molecule has 0 spiro atoms. The van der Waals surface area contributed by atoms with Gasteiger partial charge >= 0.3 is 6.09 Å². The molecule has 0 radical (unpaired) electrons. The quantitative estimate of drug-likeness (QED) is 0.726. The molecule has 1 rings (SSSR count). The van der Waals surface area contributed by atoms with Gasteiger partial charge in [0, 0.05) is 32.8 Å². The van der Waals surface area contributed by atoms with Gasteiger partial charge in [0.15, 0.2) is 0 Å². The van der Waals surface area contributed by atoms with Gasteiger partial charge in [-0.15, -0.1) is 0 Å². The zero-order valence-corrected chi connectivity index (χ0v) is 9.19. The molecule has 1 aliphatic rings. The number of nitrogens with zero attached hydrogens (tertiary/aromatic N) is 1. The number of hydrogen-bond donors (Lipinski definition) is 2. The molecular weight excluding hydrogens is 196 g/mol. The third kappa shape index (κ3) is 3.68. The van der Waals surface area contributed by atoms with Crippen LogP contribution < -0.4 is 5.73 Å². The first-order chi connectivity index (χ1) is 7.15. The van der Waals surface area contributed by atoms with E-state index < -0.39 is 6.09 Å². The standard InChI is InChI=1S/C10H20N2O3/c1-12(10(13)14)9(6-11)5-8-3-2-4-15-7-8/h8-9H,2-7,11H2,1H3,(H,13,14)/t8-,9?/m0/s1. The van der Waals surface area contributed by atoms with Gasteiger partial charge in [0.2, 0.25) is 0 Å². The van der Waals surface area contributed by atoms with Gasteiger partial charge < -0.3 is 20.5 Å². The predicted octanol–water partition coefficient (Wildman–Crippen LogP) is 0.740. The lowest BCUT2D eigenvalue weighted by Gasteiger charge is -2.30. The van der Waals surface area contributed by atoms with Crippen molar-refractivity contribution in [2.75, 3.05) is 26.8 Å². The highest BCUT2D eigenvalue weighted by Crippen LogP contribution is 2.20. The van der Waals surface area contributed by atoms with Gasteiger partial charge in [0.05, 0.1) is 0 Å². The van der Waals surface area contributed by atoms with Crippen LogP contribution in [0.5, 0.6) is 0 Å². The largest absolute Gasteiger partial charge is 0.465 e. The number of carbonyl (C=O) groups is 1. The van der Waals surface area contributed by atoms with Crippen LogP contribution in [0.25, 0.3) is 0 Å². The smallest absolute Gasteiger partial charge is 0.407 e. The molecule has 1 amide bonds. The second kappa shape index (κ2) is 5.92. The summed E-state index contributed by atoms with van der Waals surface area (Å²) in [6.07, 6.45) is 2.07. The highest BCUT2D eigenvalue weighted by molar-refractivity contribution is 5.64. The van der Waals surface area contributed by atoms with Gasteiger partial charge in [-0.25, -0.2) is 4.79 Å². The summed E-state index contributed by atoms with van der Waals surface area (Å²) in [5.41, 5.74) is 5.58. The molecule has 5 heteroatoms. The van der Waals surface area contributed by atoms with Crippen LogP contribution in [0.3, 0.4) is 0 Å². The Kier molecular flexibility index (Phi) is 4.84. The molecule has 15 heavy (non-hydrogen) atoms. The van der Waals surface area contributed by atoms with Crippen LogP contribution in [0.4, 0.5) is 4.79 Å². The molecule has 1 unspecified atom stereocenters. The molecule has 2 atom stereocenters. The first-order valence-electron chi connectivity index (χ1n) is 5.38. The topological polar surface area (TPSA) is 75.8 Å². The summed E-state index contributed by atoms with van der Waals surface area (Å²) < 4.78 is 5.36. The normalized spacial score (nSPS) is 23.5. The van der Waals surface area contributed by atoms with Crippen LogP contribution in [0.1, 0.15) is 19.3 Å². The summed E-state index contributed by atoms with van der Waals surface area (Å²) in [6.45, 7) is 1.95. The van der Waals surface area contributed by atoms with Gasteiger partial charge in [-0.05, 0) is 25.2 Å². The van der Waals surface area contributed by atoms with Gasteiger partial charge in [-0.2, -0.15) is 0 Å². The van der Waals surface area contributed by atoms with Crippen molar-refractivity contribution < 1.29 is 14.6 Å². The Morgan fingerprint density at radius 3 is 2.93 bits per heavy atom. The van der Waals surface area contributed by atoms with Gasteiger partial charge in [0.25, 0.3) is 0 Å². The lowest BCUT2D eigenvalue weighted by Crippen LogP contribution is -2.43. The van der Waals surface area contributed by atoms with Gasteiger partial charge in [-0.3, -0.25) is 0 Å². The zero-order chi connectivity index (χ0) is 11.3. The third-order valence-electron chi connectivity index (χ3n) is 2.98. The Bertz CT molecular complexity index is 205. The van der Waals surface area contributed by atoms with Crippen molar-refractivity contribution in [1.29, 1.82) is 0 Å². The first-order valence-corrected chi connectivity index (χ1v) is 5.38. The Hall–Kier alpha value is -0.810. The van der Waals surface area contributed by atoms with Crippen LogP contribution in [-0.2, 0) is 4.74 Å². The van der Waals surface area contributed by atoms with E-state index in [-0.39, 0.29) is 6.04 Å². The van der Waals surface area contributed by atoms with Gasteiger partial charge in [0.1, 0.15) is 0 Å². The molecule has 0 saturated carbocycles. The minimum absolute atomic E-state index is 0.0887. The molecule has 0 bridgehead atoms. The molecule has 0 aliphatic carbocycles. The lowest BCUT2D eigenvalue weighted by atomic mass is 9.94. The molecule has 0 aromatic rings. The van der Waals surface area contributed by atoms with Crippen molar-refractivity contribution in [3.63, 3.8) is 0 Å². The maximum Gasteiger partial charge on any atom is 0.407 e. The molecular formula is C10H20N2O3. The number of carboxylic acid groups (broad SMARTS) is 1. The van der Waals surface area contributed by atoms with Crippen LogP contribution in [0, 0.1) is 5.92 Å². The monoisotopic (exact) mass is 216 g/mol. The SMILES string of the molecule is CN(C(=O)O)C(CN)C[C@@H]1CCCOC1. The number of rotatable bonds is 4. The van der Waals surface area contributed by atoms with E-state index in [4.69, 9.17) is 15.6 Å². The van der Waals surface area contributed by atoms with Crippen molar-refractivity contribution in [1.82, 2.24) is 4.90 Å². The molecule has 5 nitrogen and oxygen atoms in total. The first kappa shape index (κ1) is 12.3. The molecule has 1 fully saturated rings. The van der Waals surface area contributed by atoms with Crippen molar-refractivity contribution >= 4 is 6.09 Å². The zero-order valence-electron chi connectivity index (χ0n) is 9.19. The lowest BCUT2D eigenvalue weighted by molar-refractivity contribution is 0.0405. The number of nitrogens with two attached hydrogens (primary N) is 1. The second-order valence-electron chi connectivity index (χ2n) is 4.10. The molecule has 0 aromatic carbocycles. The Morgan fingerprint density at radius 1 is 1.73 bits per heavy atom. The van der Waals surface area contributed by atoms with Crippen LogP contribution >= 0.6 is 0 Å². The maximum absolute atomic E-state index is 10.8. The highest BCUT2D eigenvalue weighted by Gasteiger charge is 2.23. The molecule has 1 aliphatic heterocycles. The summed E-state index contributed by atoms with van der Waals surface area (Å²) in [6, 6.07) is -0.0887. The van der Waals surface area contributed by atoms with E-state index >= 15 is 0 Å². The van der Waals surface area contributed by atoms with E-state index in [2.05, 4.69) is 0 Å². The van der Waals surface area contributed by atoms with E-state index in [0.29, 0.717) is 12.5 Å². The minimum atomic E-state index is -0.915. The van der Waals surface area contributed by atoms with Crippen LogP contribution in [-0.4, -0.2) is 48.9 Å². The fourth-order valence-corrected chi connectivity index (χ4v) is 1.95. The van der Waals surface area contributed by atoms with Crippen LogP contribution in [0.2, 0.25) is 0 Å². The summed E-state index contributed by atoms with van der Waals surface area (Å²) in [7, 11) is 1.57. The van der Waals surface area contributed by atoms with Crippen LogP contribution in [0.15, 0.2) is 0 Å². The van der Waals surface area contributed by atoms with Crippen molar-refractivity contribution in [2.24, 2.45) is 11.7 Å².